The van der Waals surface area contributed by atoms with Gasteiger partial charge in [0.25, 0.3) is 11.8 Å². The van der Waals surface area contributed by atoms with E-state index in [1.54, 1.807) is 36.4 Å². The lowest BCUT2D eigenvalue weighted by atomic mass is 10.1. The summed E-state index contributed by atoms with van der Waals surface area (Å²) in [4.78, 5) is 25.3. The molecule has 0 aromatic heterocycles. The fourth-order valence-corrected chi connectivity index (χ4v) is 3.02. The van der Waals surface area contributed by atoms with E-state index in [4.69, 9.17) is 0 Å². The molecule has 3 rings (SSSR count). The van der Waals surface area contributed by atoms with E-state index in [0.29, 0.717) is 22.5 Å². The van der Waals surface area contributed by atoms with Gasteiger partial charge < -0.3 is 5.32 Å². The maximum absolute atomic E-state index is 12.7. The lowest BCUT2D eigenvalue weighted by Crippen LogP contribution is -2.22. The van der Waals surface area contributed by atoms with Crippen LogP contribution >= 0.6 is 15.9 Å². The maximum Gasteiger partial charge on any atom is 0.273 e. The Hall–Kier alpha value is -3.25. The Morgan fingerprint density at radius 3 is 2.14 bits per heavy atom. The molecule has 146 valence electrons. The molecule has 0 bridgehead atoms. The van der Waals surface area contributed by atoms with Crippen LogP contribution < -0.4 is 10.7 Å². The predicted molar refractivity (Wildman–Crippen MR) is 119 cm³/mol. The highest BCUT2D eigenvalue weighted by molar-refractivity contribution is 9.10. The van der Waals surface area contributed by atoms with Gasteiger partial charge in [0.1, 0.15) is 0 Å². The number of benzene rings is 3. The van der Waals surface area contributed by atoms with E-state index in [9.17, 15) is 9.59 Å². The van der Waals surface area contributed by atoms with Crippen molar-refractivity contribution < 1.29 is 9.59 Å². The van der Waals surface area contributed by atoms with Crippen LogP contribution in [0.25, 0.3) is 0 Å². The molecule has 0 aliphatic rings. The van der Waals surface area contributed by atoms with E-state index in [2.05, 4.69) is 31.8 Å². The van der Waals surface area contributed by atoms with Crippen molar-refractivity contribution in [2.45, 2.75) is 13.8 Å². The van der Waals surface area contributed by atoms with E-state index in [-0.39, 0.29) is 5.91 Å². The van der Waals surface area contributed by atoms with Crippen LogP contribution in [0.15, 0.2) is 82.4 Å². The molecule has 29 heavy (non-hydrogen) atoms. The number of aryl methyl sites for hydroxylation is 1. The molecule has 0 heterocycles. The minimum absolute atomic E-state index is 0.266. The van der Waals surface area contributed by atoms with Gasteiger partial charge in [-0.3, -0.25) is 9.59 Å². The average molecular weight is 450 g/mol. The monoisotopic (exact) mass is 449 g/mol. The van der Waals surface area contributed by atoms with Crippen LogP contribution in [0, 0.1) is 6.92 Å². The Kier molecular flexibility index (Phi) is 6.57. The van der Waals surface area contributed by atoms with Gasteiger partial charge in [0.15, 0.2) is 0 Å². The van der Waals surface area contributed by atoms with Gasteiger partial charge in [-0.1, -0.05) is 58.4 Å². The highest BCUT2D eigenvalue weighted by Crippen LogP contribution is 2.18. The normalized spacial score (nSPS) is 11.1. The van der Waals surface area contributed by atoms with Gasteiger partial charge in [-0.25, -0.2) is 5.43 Å². The van der Waals surface area contributed by atoms with Crippen LogP contribution in [-0.2, 0) is 0 Å². The first-order chi connectivity index (χ1) is 14.0. The minimum Gasteiger partial charge on any atom is -0.321 e. The summed E-state index contributed by atoms with van der Waals surface area (Å²) in [5, 5.41) is 7.00. The van der Waals surface area contributed by atoms with Crippen molar-refractivity contribution in [1.82, 2.24) is 5.43 Å². The highest BCUT2D eigenvalue weighted by Gasteiger charge is 2.15. The van der Waals surface area contributed by atoms with Crippen LogP contribution in [0.4, 0.5) is 5.69 Å². The van der Waals surface area contributed by atoms with Crippen LogP contribution in [-0.4, -0.2) is 17.5 Å². The van der Waals surface area contributed by atoms with E-state index in [1.165, 1.54) is 0 Å². The molecule has 6 heteroatoms. The SMILES string of the molecule is CC(=NNC(=O)c1ccccc1NC(=O)c1ccccc1C)c1ccc(Br)cc1. The molecule has 3 aromatic rings. The standard InChI is InChI=1S/C23H20BrN3O2/c1-15-7-3-4-8-19(15)22(28)25-21-10-6-5-9-20(21)23(29)27-26-16(2)17-11-13-18(24)14-12-17/h3-14H,1-2H3,(H,25,28)(H,27,29). The fraction of sp³-hybridized carbons (Fsp3) is 0.0870. The molecule has 3 aromatic carbocycles. The van der Waals surface area contributed by atoms with Crippen molar-refractivity contribution in [1.29, 1.82) is 0 Å². The second-order valence-electron chi connectivity index (χ2n) is 6.46. The predicted octanol–water partition coefficient (Wildman–Crippen LogP) is 5.16. The van der Waals surface area contributed by atoms with Gasteiger partial charge in [0.2, 0.25) is 0 Å². The van der Waals surface area contributed by atoms with Crippen molar-refractivity contribution in [2.75, 3.05) is 5.32 Å². The lowest BCUT2D eigenvalue weighted by molar-refractivity contribution is 0.0955. The van der Waals surface area contributed by atoms with E-state index < -0.39 is 5.91 Å². The number of hydrogen-bond donors (Lipinski definition) is 2. The Balaban J connectivity index is 1.76. The first-order valence-electron chi connectivity index (χ1n) is 9.02. The van der Waals surface area contributed by atoms with Crippen molar-refractivity contribution in [3.63, 3.8) is 0 Å². The molecule has 2 amide bonds. The number of nitrogens with zero attached hydrogens (tertiary/aromatic N) is 1. The van der Waals surface area contributed by atoms with Crippen LogP contribution in [0.3, 0.4) is 0 Å². The Morgan fingerprint density at radius 2 is 1.45 bits per heavy atom. The zero-order valence-electron chi connectivity index (χ0n) is 16.1. The number of carbonyl (C=O) groups excluding carboxylic acids is 2. The summed E-state index contributed by atoms with van der Waals surface area (Å²) in [6.45, 7) is 3.68. The van der Waals surface area contributed by atoms with Crippen molar-refractivity contribution in [3.05, 3.63) is 99.5 Å². The summed E-state index contributed by atoms with van der Waals surface area (Å²) < 4.78 is 0.969. The molecule has 5 nitrogen and oxygen atoms in total. The smallest absolute Gasteiger partial charge is 0.273 e. The van der Waals surface area contributed by atoms with Gasteiger partial charge in [-0.15, -0.1) is 0 Å². The second kappa shape index (κ2) is 9.30. The minimum atomic E-state index is -0.401. The highest BCUT2D eigenvalue weighted by atomic mass is 79.9. The fourth-order valence-electron chi connectivity index (χ4n) is 2.76. The first-order valence-corrected chi connectivity index (χ1v) is 9.81. The van der Waals surface area contributed by atoms with Gasteiger partial charge in [-0.05, 0) is 55.3 Å². The van der Waals surface area contributed by atoms with Crippen molar-refractivity contribution >= 4 is 39.1 Å². The quantitative estimate of drug-likeness (QED) is 0.416. The number of halogens is 1. The number of para-hydroxylation sites is 1. The molecule has 0 aliphatic heterocycles. The summed E-state index contributed by atoms with van der Waals surface area (Å²) in [7, 11) is 0. The Labute approximate surface area is 178 Å². The molecule has 0 saturated heterocycles. The van der Waals surface area contributed by atoms with Gasteiger partial charge in [0, 0.05) is 10.0 Å². The van der Waals surface area contributed by atoms with Crippen LogP contribution in [0.1, 0.15) is 38.8 Å². The molecule has 0 radical (unpaired) electrons. The summed E-state index contributed by atoms with van der Waals surface area (Å²) in [5.41, 5.74) is 6.32. The summed E-state index contributed by atoms with van der Waals surface area (Å²) >= 11 is 3.39. The van der Waals surface area contributed by atoms with Crippen LogP contribution in [0.5, 0.6) is 0 Å². The maximum atomic E-state index is 12.7. The molecule has 0 aliphatic carbocycles. The largest absolute Gasteiger partial charge is 0.321 e. The summed E-state index contributed by atoms with van der Waals surface area (Å²) in [6.07, 6.45) is 0. The number of nitrogens with one attached hydrogen (secondary N) is 2. The van der Waals surface area contributed by atoms with Gasteiger partial charge in [-0.2, -0.15) is 5.10 Å². The molecule has 0 saturated carbocycles. The third kappa shape index (κ3) is 5.18. The third-order valence-corrected chi connectivity index (χ3v) is 4.93. The lowest BCUT2D eigenvalue weighted by Gasteiger charge is -2.11. The van der Waals surface area contributed by atoms with Crippen molar-refractivity contribution in [3.8, 4) is 0 Å². The average Bonchev–Trinajstić information content (AvgIpc) is 2.73. The topological polar surface area (TPSA) is 70.6 Å². The summed E-state index contributed by atoms with van der Waals surface area (Å²) in [6, 6.07) is 21.8. The van der Waals surface area contributed by atoms with E-state index >= 15 is 0 Å². The van der Waals surface area contributed by atoms with E-state index in [0.717, 1.165) is 15.6 Å². The second-order valence-corrected chi connectivity index (χ2v) is 7.38. The Bertz CT molecular complexity index is 1080. The van der Waals surface area contributed by atoms with E-state index in [1.807, 2.05) is 50.2 Å². The summed E-state index contributed by atoms with van der Waals surface area (Å²) in [5.74, 6) is -0.667. The first kappa shape index (κ1) is 20.5. The molecule has 0 fully saturated rings. The number of anilines is 1. The number of amides is 2. The number of rotatable bonds is 5. The molecular weight excluding hydrogens is 430 g/mol. The zero-order chi connectivity index (χ0) is 20.8. The number of hydrogen-bond acceptors (Lipinski definition) is 3. The molecule has 0 atom stereocenters. The van der Waals surface area contributed by atoms with Crippen LogP contribution in [0.2, 0.25) is 0 Å². The van der Waals surface area contributed by atoms with Gasteiger partial charge >= 0.3 is 0 Å². The number of carbonyl (C=O) groups is 2. The molecular formula is C23H20BrN3O2. The molecule has 0 spiro atoms. The number of hydrazone groups is 1. The molecule has 0 unspecified atom stereocenters. The zero-order valence-corrected chi connectivity index (χ0v) is 17.7. The van der Waals surface area contributed by atoms with Gasteiger partial charge in [0.05, 0.1) is 17.0 Å². The third-order valence-electron chi connectivity index (χ3n) is 4.40. The molecule has 2 N–H and O–H groups in total. The Morgan fingerprint density at radius 1 is 0.828 bits per heavy atom. The van der Waals surface area contributed by atoms with Crippen molar-refractivity contribution in [2.24, 2.45) is 5.10 Å².